The predicted octanol–water partition coefficient (Wildman–Crippen LogP) is 3.14. The summed E-state index contributed by atoms with van der Waals surface area (Å²) in [6, 6.07) is 6.26. The lowest BCUT2D eigenvalue weighted by atomic mass is 10.0. The fraction of sp³-hybridized carbons (Fsp3) is 0.444. The maximum Gasteiger partial charge on any atom is 0.243 e. The molecule has 0 N–H and O–H groups in total. The molecule has 1 aliphatic carbocycles. The van der Waals surface area contributed by atoms with Crippen molar-refractivity contribution in [3.05, 3.63) is 41.2 Å². The van der Waals surface area contributed by atoms with Gasteiger partial charge in [-0.1, -0.05) is 23.4 Å². The van der Waals surface area contributed by atoms with Gasteiger partial charge in [-0.05, 0) is 42.9 Å². The van der Waals surface area contributed by atoms with Crippen molar-refractivity contribution < 1.29 is 8.42 Å². The van der Waals surface area contributed by atoms with Gasteiger partial charge in [0.25, 0.3) is 0 Å². The van der Waals surface area contributed by atoms with Gasteiger partial charge >= 0.3 is 0 Å². The van der Waals surface area contributed by atoms with Crippen molar-refractivity contribution in [2.45, 2.75) is 28.1 Å². The molecule has 1 saturated carbocycles. The van der Waals surface area contributed by atoms with Crippen LogP contribution < -0.4 is 0 Å². The Kier molecular flexibility index (Phi) is 4.97. The van der Waals surface area contributed by atoms with E-state index in [2.05, 4.69) is 4.98 Å². The summed E-state index contributed by atoms with van der Waals surface area (Å²) in [4.78, 5) is 4.51. The fourth-order valence-corrected chi connectivity index (χ4v) is 7.08. The zero-order valence-electron chi connectivity index (χ0n) is 14.7. The van der Waals surface area contributed by atoms with Crippen LogP contribution in [0.5, 0.6) is 0 Å². The first kappa shape index (κ1) is 18.8. The van der Waals surface area contributed by atoms with Crippen molar-refractivity contribution in [2.75, 3.05) is 13.1 Å². The van der Waals surface area contributed by atoms with E-state index in [1.165, 1.54) is 18.2 Å². The molecule has 3 atom stereocenters. The molecule has 2 aromatic rings. The molecule has 142 valence electrons. The SMILES string of the molecule is Cn1ccnc1SC1C[C@@H]2CN(S(=O)(=O)c3ccc(Cl)c(C#N)c3)C[C@@H]2C1. The van der Waals surface area contributed by atoms with Gasteiger partial charge in [-0.2, -0.15) is 9.57 Å². The van der Waals surface area contributed by atoms with Gasteiger partial charge in [0.15, 0.2) is 5.16 Å². The summed E-state index contributed by atoms with van der Waals surface area (Å²) < 4.78 is 29.5. The standard InChI is InChI=1S/C18H19ClN4O2S2/c1-22-5-4-21-18(22)26-15-6-13-10-23(11-14(13)7-15)27(24,25)16-2-3-17(19)12(8-16)9-20/h2-5,8,13-15H,6-7,10-11H2,1H3/t13-,14+,15?. The van der Waals surface area contributed by atoms with Gasteiger partial charge in [0, 0.05) is 37.8 Å². The average Bonchev–Trinajstić information content (AvgIpc) is 3.31. The molecule has 1 saturated heterocycles. The van der Waals surface area contributed by atoms with Crippen LogP contribution in [0.1, 0.15) is 18.4 Å². The fourth-order valence-electron chi connectivity index (χ4n) is 4.01. The number of rotatable bonds is 4. The van der Waals surface area contributed by atoms with Crippen LogP contribution in [0.3, 0.4) is 0 Å². The largest absolute Gasteiger partial charge is 0.329 e. The lowest BCUT2D eigenvalue weighted by Crippen LogP contribution is -2.30. The van der Waals surface area contributed by atoms with Crippen LogP contribution in [0.4, 0.5) is 0 Å². The molecule has 2 fully saturated rings. The van der Waals surface area contributed by atoms with E-state index in [-0.39, 0.29) is 15.5 Å². The minimum Gasteiger partial charge on any atom is -0.329 e. The number of sulfonamides is 1. The maximum absolute atomic E-state index is 13.0. The number of fused-ring (bicyclic) bond motifs is 1. The molecule has 0 radical (unpaired) electrons. The van der Waals surface area contributed by atoms with Gasteiger partial charge < -0.3 is 4.57 Å². The molecule has 9 heteroatoms. The molecule has 4 rings (SSSR count). The predicted molar refractivity (Wildman–Crippen MR) is 104 cm³/mol. The van der Waals surface area contributed by atoms with E-state index in [0.717, 1.165) is 18.0 Å². The molecule has 1 aromatic heterocycles. The molecule has 0 spiro atoms. The van der Waals surface area contributed by atoms with Crippen molar-refractivity contribution in [3.63, 3.8) is 0 Å². The van der Waals surface area contributed by atoms with Crippen molar-refractivity contribution in [3.8, 4) is 6.07 Å². The van der Waals surface area contributed by atoms with E-state index in [9.17, 15) is 8.42 Å². The minimum atomic E-state index is -3.60. The number of nitrogens with zero attached hydrogens (tertiary/aromatic N) is 4. The molecule has 1 aliphatic heterocycles. The van der Waals surface area contributed by atoms with E-state index >= 15 is 0 Å². The molecule has 6 nitrogen and oxygen atoms in total. The van der Waals surface area contributed by atoms with Crippen LogP contribution in [0.25, 0.3) is 0 Å². The monoisotopic (exact) mass is 422 g/mol. The maximum atomic E-state index is 13.0. The van der Waals surface area contributed by atoms with Crippen molar-refractivity contribution in [1.29, 1.82) is 5.26 Å². The number of nitriles is 1. The molecule has 1 aromatic carbocycles. The second-order valence-corrected chi connectivity index (χ2v) is 10.7. The molecule has 2 heterocycles. The van der Waals surface area contributed by atoms with E-state index in [1.54, 1.807) is 22.3 Å². The van der Waals surface area contributed by atoms with Crippen LogP contribution in [0.15, 0.2) is 40.6 Å². The number of aromatic nitrogens is 2. The highest BCUT2D eigenvalue weighted by Crippen LogP contribution is 2.45. The molecule has 27 heavy (non-hydrogen) atoms. The number of benzene rings is 1. The summed E-state index contributed by atoms with van der Waals surface area (Å²) in [5, 5.41) is 10.9. The lowest BCUT2D eigenvalue weighted by molar-refractivity contribution is 0.447. The van der Waals surface area contributed by atoms with E-state index < -0.39 is 10.0 Å². The van der Waals surface area contributed by atoms with Gasteiger partial charge in [0.05, 0.1) is 15.5 Å². The molecular formula is C18H19ClN4O2S2. The number of hydrogen-bond acceptors (Lipinski definition) is 5. The highest BCUT2D eigenvalue weighted by atomic mass is 35.5. The third-order valence-electron chi connectivity index (χ3n) is 5.42. The third-order valence-corrected chi connectivity index (χ3v) is 8.90. The summed E-state index contributed by atoms with van der Waals surface area (Å²) in [6.07, 6.45) is 5.73. The molecule has 2 aliphatic rings. The second kappa shape index (κ2) is 7.13. The Labute approximate surface area is 168 Å². The van der Waals surface area contributed by atoms with Crippen LogP contribution in [-0.2, 0) is 17.1 Å². The second-order valence-electron chi connectivity index (χ2n) is 7.13. The Morgan fingerprint density at radius 2 is 2.00 bits per heavy atom. The number of imidazole rings is 1. The number of hydrogen-bond donors (Lipinski definition) is 0. The number of aryl methyl sites for hydroxylation is 1. The zero-order valence-corrected chi connectivity index (χ0v) is 17.1. The highest BCUT2D eigenvalue weighted by Gasteiger charge is 2.45. The van der Waals surface area contributed by atoms with Crippen LogP contribution in [0.2, 0.25) is 5.02 Å². The van der Waals surface area contributed by atoms with Gasteiger partial charge in [-0.25, -0.2) is 13.4 Å². The summed E-state index contributed by atoms with van der Waals surface area (Å²) in [7, 11) is -1.62. The van der Waals surface area contributed by atoms with Gasteiger partial charge in [-0.3, -0.25) is 0 Å². The smallest absolute Gasteiger partial charge is 0.243 e. The van der Waals surface area contributed by atoms with Crippen molar-refractivity contribution >= 4 is 33.4 Å². The van der Waals surface area contributed by atoms with Gasteiger partial charge in [0.1, 0.15) is 6.07 Å². The summed E-state index contributed by atoms with van der Waals surface area (Å²) in [6.45, 7) is 1.07. The Morgan fingerprint density at radius 3 is 2.59 bits per heavy atom. The third kappa shape index (κ3) is 3.49. The first-order chi connectivity index (χ1) is 12.9. The quantitative estimate of drug-likeness (QED) is 0.756. The van der Waals surface area contributed by atoms with Crippen LogP contribution in [0, 0.1) is 23.2 Å². The summed E-state index contributed by atoms with van der Waals surface area (Å²) in [5.74, 6) is 0.751. The van der Waals surface area contributed by atoms with Crippen LogP contribution in [-0.4, -0.2) is 40.6 Å². The average molecular weight is 423 g/mol. The molecule has 0 bridgehead atoms. The number of thioether (sulfide) groups is 1. The highest BCUT2D eigenvalue weighted by molar-refractivity contribution is 7.99. The Balaban J connectivity index is 1.45. The lowest BCUT2D eigenvalue weighted by Gasteiger charge is -2.19. The Bertz CT molecular complexity index is 1000. The van der Waals surface area contributed by atoms with E-state index in [4.69, 9.17) is 16.9 Å². The zero-order chi connectivity index (χ0) is 19.2. The van der Waals surface area contributed by atoms with Gasteiger partial charge in [0.2, 0.25) is 10.0 Å². The number of halogens is 1. The van der Waals surface area contributed by atoms with Gasteiger partial charge in [-0.15, -0.1) is 0 Å². The van der Waals surface area contributed by atoms with Crippen LogP contribution >= 0.6 is 23.4 Å². The Hall–Kier alpha value is -1.53. The topological polar surface area (TPSA) is 79.0 Å². The molecule has 1 unspecified atom stereocenters. The summed E-state index contributed by atoms with van der Waals surface area (Å²) >= 11 is 7.72. The van der Waals surface area contributed by atoms with Crippen molar-refractivity contribution in [1.82, 2.24) is 13.9 Å². The normalized spacial score (nSPS) is 25.4. The molecular weight excluding hydrogens is 404 g/mol. The Morgan fingerprint density at radius 1 is 1.30 bits per heavy atom. The first-order valence-corrected chi connectivity index (χ1v) is 11.4. The first-order valence-electron chi connectivity index (χ1n) is 8.72. The van der Waals surface area contributed by atoms with Crippen molar-refractivity contribution in [2.24, 2.45) is 18.9 Å². The molecule has 0 amide bonds. The minimum absolute atomic E-state index is 0.141. The summed E-state index contributed by atoms with van der Waals surface area (Å²) in [5.41, 5.74) is 0.184. The van der Waals surface area contributed by atoms with E-state index in [1.807, 2.05) is 23.9 Å². The van der Waals surface area contributed by atoms with E-state index in [0.29, 0.717) is 30.2 Å².